The molecule has 2 aromatic carbocycles. The topological polar surface area (TPSA) is 70.2 Å². The number of carbonyl (C=O) groups is 2. The lowest BCUT2D eigenvalue weighted by molar-refractivity contribution is -0.122. The number of para-hydroxylation sites is 1. The van der Waals surface area contributed by atoms with Gasteiger partial charge in [0, 0.05) is 24.8 Å². The first kappa shape index (κ1) is 19.6. The Morgan fingerprint density at radius 1 is 0.966 bits per heavy atom. The highest BCUT2D eigenvalue weighted by Crippen LogP contribution is 2.33. The molecule has 2 fully saturated rings. The molecule has 1 atom stereocenters. The molecule has 4 rings (SSSR count). The first-order valence-corrected chi connectivity index (χ1v) is 10.5. The van der Waals surface area contributed by atoms with Crippen molar-refractivity contribution < 1.29 is 9.59 Å². The maximum atomic E-state index is 13.2. The van der Waals surface area contributed by atoms with Crippen molar-refractivity contribution in [1.29, 1.82) is 0 Å². The van der Waals surface area contributed by atoms with Gasteiger partial charge in [-0.25, -0.2) is 0 Å². The van der Waals surface area contributed by atoms with Crippen LogP contribution in [0.15, 0.2) is 48.5 Å². The standard InChI is InChI=1S/C24H29N3O2/c1-15(2)16-7-9-17(10-8-16)22(24(29)26-19-11-12-19)20-5-3-4-6-21(20)27-23(28)18-13-25-14-18/h3-10,15,18-19,22,25H,11-14H2,1-2H3,(H,26,29)(H,27,28). The largest absolute Gasteiger partial charge is 0.353 e. The summed E-state index contributed by atoms with van der Waals surface area (Å²) < 4.78 is 0. The van der Waals surface area contributed by atoms with Crippen molar-refractivity contribution in [3.63, 3.8) is 0 Å². The van der Waals surface area contributed by atoms with E-state index in [0.717, 1.165) is 24.0 Å². The molecule has 152 valence electrons. The lowest BCUT2D eigenvalue weighted by Gasteiger charge is -2.27. The molecule has 2 amide bonds. The van der Waals surface area contributed by atoms with Crippen LogP contribution in [-0.2, 0) is 9.59 Å². The molecule has 5 heteroatoms. The van der Waals surface area contributed by atoms with E-state index in [1.165, 1.54) is 5.56 Å². The van der Waals surface area contributed by atoms with E-state index in [0.29, 0.717) is 24.7 Å². The van der Waals surface area contributed by atoms with Crippen LogP contribution >= 0.6 is 0 Å². The molecule has 2 aromatic rings. The van der Waals surface area contributed by atoms with Crippen molar-refractivity contribution in [2.75, 3.05) is 18.4 Å². The van der Waals surface area contributed by atoms with Gasteiger partial charge in [-0.15, -0.1) is 0 Å². The van der Waals surface area contributed by atoms with Crippen molar-refractivity contribution >= 4 is 17.5 Å². The molecule has 5 nitrogen and oxygen atoms in total. The number of hydrogen-bond donors (Lipinski definition) is 3. The SMILES string of the molecule is CC(C)c1ccc(C(C(=O)NC2CC2)c2ccccc2NC(=O)C2CNC2)cc1. The second-order valence-electron chi connectivity index (χ2n) is 8.47. The Labute approximate surface area is 172 Å². The number of anilines is 1. The maximum Gasteiger partial charge on any atom is 0.232 e. The zero-order chi connectivity index (χ0) is 20.4. The van der Waals surface area contributed by atoms with Gasteiger partial charge in [-0.1, -0.05) is 56.3 Å². The third kappa shape index (κ3) is 4.51. The summed E-state index contributed by atoms with van der Waals surface area (Å²) in [4.78, 5) is 25.8. The quantitative estimate of drug-likeness (QED) is 0.678. The fourth-order valence-electron chi connectivity index (χ4n) is 3.63. The summed E-state index contributed by atoms with van der Waals surface area (Å²) in [5, 5.41) is 9.34. The van der Waals surface area contributed by atoms with Crippen LogP contribution in [0.3, 0.4) is 0 Å². The maximum absolute atomic E-state index is 13.2. The molecule has 1 unspecified atom stereocenters. The van der Waals surface area contributed by atoms with Gasteiger partial charge in [-0.05, 0) is 41.5 Å². The lowest BCUT2D eigenvalue weighted by Crippen LogP contribution is -2.48. The summed E-state index contributed by atoms with van der Waals surface area (Å²) in [6.45, 7) is 5.73. The minimum absolute atomic E-state index is 0.00296. The van der Waals surface area contributed by atoms with Gasteiger partial charge in [0.05, 0.1) is 11.8 Å². The van der Waals surface area contributed by atoms with Crippen LogP contribution in [0.5, 0.6) is 0 Å². The van der Waals surface area contributed by atoms with E-state index in [9.17, 15) is 9.59 Å². The van der Waals surface area contributed by atoms with Gasteiger partial charge >= 0.3 is 0 Å². The Hall–Kier alpha value is -2.66. The molecule has 2 aliphatic rings. The average molecular weight is 392 g/mol. The lowest BCUT2D eigenvalue weighted by atomic mass is 9.87. The van der Waals surface area contributed by atoms with Gasteiger partial charge in [-0.2, -0.15) is 0 Å². The highest BCUT2D eigenvalue weighted by molar-refractivity contribution is 5.96. The molecule has 1 aliphatic heterocycles. The smallest absolute Gasteiger partial charge is 0.232 e. The third-order valence-corrected chi connectivity index (χ3v) is 5.80. The van der Waals surface area contributed by atoms with Crippen molar-refractivity contribution in [2.45, 2.75) is 44.6 Å². The van der Waals surface area contributed by atoms with Crippen molar-refractivity contribution in [2.24, 2.45) is 5.92 Å². The minimum Gasteiger partial charge on any atom is -0.353 e. The number of benzene rings is 2. The van der Waals surface area contributed by atoms with E-state index < -0.39 is 5.92 Å². The fraction of sp³-hybridized carbons (Fsp3) is 0.417. The van der Waals surface area contributed by atoms with Gasteiger partial charge in [0.15, 0.2) is 0 Å². The van der Waals surface area contributed by atoms with Gasteiger partial charge in [0.2, 0.25) is 11.8 Å². The van der Waals surface area contributed by atoms with E-state index >= 15 is 0 Å². The molecular weight excluding hydrogens is 362 g/mol. The van der Waals surface area contributed by atoms with Crippen molar-refractivity contribution in [3.05, 3.63) is 65.2 Å². The number of hydrogen-bond acceptors (Lipinski definition) is 3. The Morgan fingerprint density at radius 3 is 2.21 bits per heavy atom. The molecule has 1 saturated carbocycles. The predicted octanol–water partition coefficient (Wildman–Crippen LogP) is 3.38. The van der Waals surface area contributed by atoms with Gasteiger partial charge < -0.3 is 16.0 Å². The average Bonchev–Trinajstić information content (AvgIpc) is 3.46. The second kappa shape index (κ2) is 8.37. The third-order valence-electron chi connectivity index (χ3n) is 5.80. The zero-order valence-electron chi connectivity index (χ0n) is 17.1. The van der Waals surface area contributed by atoms with Crippen LogP contribution in [-0.4, -0.2) is 30.9 Å². The van der Waals surface area contributed by atoms with Crippen LogP contribution < -0.4 is 16.0 Å². The first-order chi connectivity index (χ1) is 14.0. The summed E-state index contributed by atoms with van der Waals surface area (Å²) in [7, 11) is 0. The zero-order valence-corrected chi connectivity index (χ0v) is 17.1. The summed E-state index contributed by atoms with van der Waals surface area (Å²) in [6, 6.07) is 16.2. The molecule has 1 aliphatic carbocycles. The molecule has 0 spiro atoms. The van der Waals surface area contributed by atoms with Crippen LogP contribution in [0.2, 0.25) is 0 Å². The summed E-state index contributed by atoms with van der Waals surface area (Å²) in [6.07, 6.45) is 2.08. The molecule has 3 N–H and O–H groups in total. The van der Waals surface area contributed by atoms with Crippen molar-refractivity contribution in [3.8, 4) is 0 Å². The minimum atomic E-state index is -0.451. The Morgan fingerprint density at radius 2 is 1.62 bits per heavy atom. The van der Waals surface area contributed by atoms with Gasteiger partial charge in [0.1, 0.15) is 0 Å². The van der Waals surface area contributed by atoms with Crippen LogP contribution in [0.25, 0.3) is 0 Å². The molecule has 0 aromatic heterocycles. The molecule has 0 radical (unpaired) electrons. The molecule has 0 bridgehead atoms. The van der Waals surface area contributed by atoms with Crippen LogP contribution in [0.4, 0.5) is 5.69 Å². The Kier molecular flexibility index (Phi) is 5.67. The van der Waals surface area contributed by atoms with E-state index in [1.807, 2.05) is 36.4 Å². The number of amides is 2. The number of rotatable bonds is 7. The van der Waals surface area contributed by atoms with Gasteiger partial charge in [0.25, 0.3) is 0 Å². The summed E-state index contributed by atoms with van der Waals surface area (Å²) >= 11 is 0. The van der Waals surface area contributed by atoms with E-state index in [1.54, 1.807) is 0 Å². The predicted molar refractivity (Wildman–Crippen MR) is 115 cm³/mol. The van der Waals surface area contributed by atoms with Crippen molar-refractivity contribution in [1.82, 2.24) is 10.6 Å². The van der Waals surface area contributed by atoms with E-state index in [2.05, 4.69) is 41.9 Å². The second-order valence-corrected chi connectivity index (χ2v) is 8.47. The first-order valence-electron chi connectivity index (χ1n) is 10.5. The van der Waals surface area contributed by atoms with Crippen LogP contribution in [0.1, 0.15) is 55.2 Å². The highest BCUT2D eigenvalue weighted by Gasteiger charge is 2.32. The number of nitrogens with one attached hydrogen (secondary N) is 3. The fourth-order valence-corrected chi connectivity index (χ4v) is 3.63. The van der Waals surface area contributed by atoms with Gasteiger partial charge in [-0.3, -0.25) is 9.59 Å². The van der Waals surface area contributed by atoms with E-state index in [-0.39, 0.29) is 23.8 Å². The molecule has 1 heterocycles. The highest BCUT2D eigenvalue weighted by atomic mass is 16.2. The summed E-state index contributed by atoms with van der Waals surface area (Å²) in [5.74, 6) is -0.0186. The molecular formula is C24H29N3O2. The Balaban J connectivity index is 1.67. The monoisotopic (exact) mass is 391 g/mol. The molecule has 29 heavy (non-hydrogen) atoms. The Bertz CT molecular complexity index is 883. The summed E-state index contributed by atoms with van der Waals surface area (Å²) in [5.41, 5.74) is 3.74. The van der Waals surface area contributed by atoms with E-state index in [4.69, 9.17) is 0 Å². The van der Waals surface area contributed by atoms with Crippen LogP contribution in [0, 0.1) is 5.92 Å². The molecule has 1 saturated heterocycles. The number of carbonyl (C=O) groups excluding carboxylic acids is 2. The normalized spacial score (nSPS) is 17.5.